The molecule has 0 aromatic heterocycles. The highest BCUT2D eigenvalue weighted by Gasteiger charge is 2.32. The smallest absolute Gasteiger partial charge is 0.255 e. The van der Waals surface area contributed by atoms with Gasteiger partial charge in [0.2, 0.25) is 15.9 Å². The molecule has 0 aliphatic carbocycles. The largest absolute Gasteiger partial charge is 0.358 e. The van der Waals surface area contributed by atoms with Gasteiger partial charge in [0.05, 0.1) is 18.5 Å². The Morgan fingerprint density at radius 1 is 1.06 bits per heavy atom. The molecule has 0 radical (unpaired) electrons. The van der Waals surface area contributed by atoms with E-state index in [-0.39, 0.29) is 24.4 Å². The summed E-state index contributed by atoms with van der Waals surface area (Å²) in [4.78, 5) is 36.2. The van der Waals surface area contributed by atoms with Crippen molar-refractivity contribution in [2.24, 2.45) is 0 Å². The lowest BCUT2D eigenvalue weighted by Gasteiger charge is -2.21. The van der Waals surface area contributed by atoms with Crippen LogP contribution in [0.4, 0.5) is 11.4 Å². The lowest BCUT2D eigenvalue weighted by Crippen LogP contribution is -2.35. The number of carbonyl (C=O) groups excluding carboxylic acids is 3. The molecule has 3 N–H and O–H groups in total. The molecule has 1 aliphatic heterocycles. The van der Waals surface area contributed by atoms with Gasteiger partial charge in [-0.05, 0) is 55.3 Å². The lowest BCUT2D eigenvalue weighted by atomic mass is 10.1. The maximum absolute atomic E-state index is 12.7. The molecule has 0 saturated heterocycles. The van der Waals surface area contributed by atoms with Gasteiger partial charge >= 0.3 is 0 Å². The minimum atomic E-state index is -3.40. The van der Waals surface area contributed by atoms with Crippen LogP contribution < -0.4 is 20.3 Å². The summed E-state index contributed by atoms with van der Waals surface area (Å²) in [6, 6.07) is 11.0. The fraction of sp³-hybridized carbons (Fsp3) is 0.286. The maximum Gasteiger partial charge on any atom is 0.255 e. The van der Waals surface area contributed by atoms with Gasteiger partial charge in [-0.15, -0.1) is 0 Å². The van der Waals surface area contributed by atoms with Gasteiger partial charge in [0.25, 0.3) is 11.8 Å². The van der Waals surface area contributed by atoms with E-state index in [1.54, 1.807) is 36.4 Å². The van der Waals surface area contributed by atoms with Crippen LogP contribution in [0.3, 0.4) is 0 Å². The van der Waals surface area contributed by atoms with Crippen molar-refractivity contribution < 1.29 is 22.8 Å². The summed E-state index contributed by atoms with van der Waals surface area (Å²) < 4.78 is 25.5. The molecule has 1 heterocycles. The van der Waals surface area contributed by atoms with Gasteiger partial charge in [0.15, 0.2) is 0 Å². The first kappa shape index (κ1) is 22.3. The van der Waals surface area contributed by atoms with E-state index in [1.807, 2.05) is 6.92 Å². The van der Waals surface area contributed by atoms with E-state index < -0.39 is 15.9 Å². The van der Waals surface area contributed by atoms with Crippen LogP contribution in [0.5, 0.6) is 0 Å². The first-order valence-corrected chi connectivity index (χ1v) is 11.5. The Balaban J connectivity index is 1.74. The molecule has 0 bridgehead atoms. The normalized spacial score (nSPS) is 15.2. The zero-order valence-corrected chi connectivity index (χ0v) is 18.2. The third kappa shape index (κ3) is 5.02. The van der Waals surface area contributed by atoms with Gasteiger partial charge in [-0.2, -0.15) is 0 Å². The van der Waals surface area contributed by atoms with Gasteiger partial charge in [-0.25, -0.2) is 8.42 Å². The fourth-order valence-corrected chi connectivity index (χ4v) is 4.81. The Bertz CT molecular complexity index is 1150. The van der Waals surface area contributed by atoms with Crippen LogP contribution in [0.25, 0.3) is 0 Å². The van der Waals surface area contributed by atoms with Gasteiger partial charge < -0.3 is 16.0 Å². The lowest BCUT2D eigenvalue weighted by molar-refractivity contribution is -0.119. The van der Waals surface area contributed by atoms with Crippen molar-refractivity contribution in [1.29, 1.82) is 0 Å². The maximum atomic E-state index is 12.7. The van der Waals surface area contributed by atoms with Crippen molar-refractivity contribution in [3.63, 3.8) is 0 Å². The molecular formula is C21H24N4O5S. The number of carbonyl (C=O) groups is 3. The number of benzene rings is 2. The van der Waals surface area contributed by atoms with Gasteiger partial charge in [0.1, 0.15) is 0 Å². The van der Waals surface area contributed by atoms with E-state index in [0.717, 1.165) is 11.8 Å². The van der Waals surface area contributed by atoms with Crippen molar-refractivity contribution in [2.45, 2.75) is 19.4 Å². The van der Waals surface area contributed by atoms with Crippen LogP contribution in [0.2, 0.25) is 0 Å². The van der Waals surface area contributed by atoms with E-state index >= 15 is 0 Å². The van der Waals surface area contributed by atoms with Crippen molar-refractivity contribution in [3.05, 3.63) is 59.2 Å². The summed E-state index contributed by atoms with van der Waals surface area (Å²) in [5.74, 6) is -1.14. The number of nitrogens with one attached hydrogen (secondary N) is 3. The highest BCUT2D eigenvalue weighted by atomic mass is 32.2. The minimum Gasteiger partial charge on any atom is -0.358 e. The van der Waals surface area contributed by atoms with Crippen LogP contribution in [-0.2, 0) is 21.2 Å². The standard InChI is InChI=1S/C21H24N4O5S/c1-13-9-16-10-15(7-8-18(16)25(13)31(3,29)30)21(28)24-17-6-4-5-14(11-17)20(27)23-12-19(26)22-2/h4-8,10-11,13H,9,12H2,1-3H3,(H,22,26)(H,23,27)(H,24,28)/t13-/m0/s1. The number of likely N-dealkylation sites (N-methyl/N-ethyl adjacent to an activating group) is 1. The quantitative estimate of drug-likeness (QED) is 0.616. The van der Waals surface area contributed by atoms with Crippen LogP contribution in [-0.4, -0.2) is 52.0 Å². The first-order valence-electron chi connectivity index (χ1n) is 9.62. The highest BCUT2D eigenvalue weighted by Crippen LogP contribution is 2.34. The number of rotatable bonds is 6. The second kappa shape index (κ2) is 8.76. The predicted molar refractivity (Wildman–Crippen MR) is 118 cm³/mol. The Hall–Kier alpha value is -3.40. The van der Waals surface area contributed by atoms with Crippen molar-refractivity contribution in [1.82, 2.24) is 10.6 Å². The third-order valence-corrected chi connectivity index (χ3v) is 6.19. The topological polar surface area (TPSA) is 125 Å². The Morgan fingerprint density at radius 2 is 1.77 bits per heavy atom. The summed E-state index contributed by atoms with van der Waals surface area (Å²) in [6.07, 6.45) is 1.68. The van der Waals surface area contributed by atoms with Gasteiger partial charge in [-0.1, -0.05) is 6.07 Å². The zero-order valence-electron chi connectivity index (χ0n) is 17.4. The summed E-state index contributed by atoms with van der Waals surface area (Å²) in [7, 11) is -1.93. The Kier molecular flexibility index (Phi) is 6.30. The molecule has 0 saturated carbocycles. The average Bonchev–Trinajstić information content (AvgIpc) is 3.06. The summed E-state index contributed by atoms with van der Waals surface area (Å²) in [6.45, 7) is 1.67. The van der Waals surface area contributed by atoms with Crippen molar-refractivity contribution >= 4 is 39.1 Å². The molecule has 31 heavy (non-hydrogen) atoms. The number of hydrogen-bond acceptors (Lipinski definition) is 5. The molecule has 0 spiro atoms. The zero-order chi connectivity index (χ0) is 22.8. The van der Waals surface area contributed by atoms with Crippen LogP contribution in [0.15, 0.2) is 42.5 Å². The molecular weight excluding hydrogens is 420 g/mol. The predicted octanol–water partition coefficient (Wildman–Crippen LogP) is 1.13. The number of hydrogen-bond donors (Lipinski definition) is 3. The fourth-order valence-electron chi connectivity index (χ4n) is 3.54. The molecule has 0 fully saturated rings. The highest BCUT2D eigenvalue weighted by molar-refractivity contribution is 7.92. The Labute approximate surface area is 180 Å². The molecule has 1 aliphatic rings. The molecule has 10 heteroatoms. The summed E-state index contributed by atoms with van der Waals surface area (Å²) in [5.41, 5.74) is 2.47. The molecule has 1 atom stereocenters. The first-order chi connectivity index (χ1) is 14.6. The summed E-state index contributed by atoms with van der Waals surface area (Å²) in [5, 5.41) is 7.65. The van der Waals surface area contributed by atoms with Crippen LogP contribution >= 0.6 is 0 Å². The van der Waals surface area contributed by atoms with Crippen molar-refractivity contribution in [2.75, 3.05) is 29.5 Å². The van der Waals surface area contributed by atoms with Gasteiger partial charge in [0, 0.05) is 29.9 Å². The average molecular weight is 445 g/mol. The van der Waals surface area contributed by atoms with Crippen molar-refractivity contribution in [3.8, 4) is 0 Å². The number of amides is 3. The molecule has 2 aromatic carbocycles. The molecule has 3 rings (SSSR count). The van der Waals surface area contributed by atoms with Crippen LogP contribution in [0.1, 0.15) is 33.2 Å². The number of anilines is 2. The van der Waals surface area contributed by atoms with E-state index in [4.69, 9.17) is 0 Å². The van der Waals surface area contributed by atoms with Gasteiger partial charge in [-0.3, -0.25) is 18.7 Å². The van der Waals surface area contributed by atoms with E-state index in [1.165, 1.54) is 17.4 Å². The minimum absolute atomic E-state index is 0.149. The number of nitrogens with zero attached hydrogens (tertiary/aromatic N) is 1. The SMILES string of the molecule is CNC(=O)CNC(=O)c1cccc(NC(=O)c2ccc3c(c2)C[C@H](C)N3S(C)(=O)=O)c1. The molecule has 0 unspecified atom stereocenters. The number of fused-ring (bicyclic) bond motifs is 1. The summed E-state index contributed by atoms with van der Waals surface area (Å²) >= 11 is 0. The second-order valence-electron chi connectivity index (χ2n) is 7.35. The monoisotopic (exact) mass is 444 g/mol. The third-order valence-electron chi connectivity index (χ3n) is 4.92. The molecule has 164 valence electrons. The molecule has 3 amide bonds. The van der Waals surface area contributed by atoms with E-state index in [2.05, 4.69) is 16.0 Å². The van der Waals surface area contributed by atoms with E-state index in [9.17, 15) is 22.8 Å². The van der Waals surface area contributed by atoms with Crippen LogP contribution in [0, 0.1) is 0 Å². The van der Waals surface area contributed by atoms with E-state index in [0.29, 0.717) is 28.9 Å². The molecule has 9 nitrogen and oxygen atoms in total. The molecule has 2 aromatic rings. The second-order valence-corrected chi connectivity index (χ2v) is 9.21. The Morgan fingerprint density at radius 3 is 2.45 bits per heavy atom. The number of sulfonamides is 1.